The molecule has 0 unspecified atom stereocenters. The number of Topliss-reactive ketones (excluding diaryl/α,β-unsaturated/α-hetero) is 1. The lowest BCUT2D eigenvalue weighted by atomic mass is 10.0. The van der Waals surface area contributed by atoms with E-state index in [2.05, 4.69) is 4.98 Å². The van der Waals surface area contributed by atoms with Gasteiger partial charge in [-0.2, -0.15) is 0 Å². The summed E-state index contributed by atoms with van der Waals surface area (Å²) in [5, 5.41) is -0.912. The van der Waals surface area contributed by atoms with Crippen LogP contribution in [0.2, 0.25) is 10.2 Å². The lowest BCUT2D eigenvalue weighted by molar-refractivity contribution is -0.138. The molecule has 0 aromatic carbocycles. The van der Waals surface area contributed by atoms with Crippen LogP contribution in [0.15, 0.2) is 17.8 Å². The van der Waals surface area contributed by atoms with Gasteiger partial charge >= 0.3 is 5.97 Å². The third kappa shape index (κ3) is 3.55. The molecular weight excluding hydrogens is 308 g/mol. The van der Waals surface area contributed by atoms with Gasteiger partial charge in [-0.1, -0.05) is 36.2 Å². The zero-order chi connectivity index (χ0) is 15.3. The Labute approximate surface area is 125 Å². The number of rotatable bonds is 5. The lowest BCUT2D eigenvalue weighted by Gasteiger charge is -2.08. The zero-order valence-electron chi connectivity index (χ0n) is 10.9. The Morgan fingerprint density at radius 1 is 1.40 bits per heavy atom. The molecule has 108 valence electrons. The molecule has 0 bridgehead atoms. The zero-order valence-corrected chi connectivity index (χ0v) is 12.4. The number of carbonyl (C=O) groups excluding carboxylic acids is 2. The smallest absolute Gasteiger partial charge is 0.341 e. The number of nitrogens with zero attached hydrogens (tertiary/aromatic N) is 1. The van der Waals surface area contributed by atoms with Crippen molar-refractivity contribution in [3.8, 4) is 0 Å². The van der Waals surface area contributed by atoms with Crippen molar-refractivity contribution in [1.82, 2.24) is 4.98 Å². The molecule has 0 radical (unpaired) electrons. The fourth-order valence-corrected chi connectivity index (χ4v) is 1.84. The highest BCUT2D eigenvalue weighted by Gasteiger charge is 2.25. The van der Waals surface area contributed by atoms with E-state index in [1.165, 1.54) is 6.08 Å². The van der Waals surface area contributed by atoms with Crippen molar-refractivity contribution < 1.29 is 18.7 Å². The van der Waals surface area contributed by atoms with Gasteiger partial charge in [0.2, 0.25) is 5.78 Å². The number of ketones is 1. The van der Waals surface area contributed by atoms with E-state index < -0.39 is 27.7 Å². The number of carbonyl (C=O) groups is 2. The molecule has 0 amide bonds. The second kappa shape index (κ2) is 7.36. The van der Waals surface area contributed by atoms with E-state index in [-0.39, 0.29) is 17.7 Å². The van der Waals surface area contributed by atoms with E-state index in [0.717, 1.165) is 6.20 Å². The van der Waals surface area contributed by atoms with E-state index in [1.54, 1.807) is 13.8 Å². The topological polar surface area (TPSA) is 56.3 Å². The van der Waals surface area contributed by atoms with Crippen molar-refractivity contribution in [2.24, 2.45) is 0 Å². The summed E-state index contributed by atoms with van der Waals surface area (Å²) in [6, 6.07) is 0. The van der Waals surface area contributed by atoms with Crippen molar-refractivity contribution in [1.29, 1.82) is 0 Å². The van der Waals surface area contributed by atoms with Gasteiger partial charge in [-0.25, -0.2) is 14.2 Å². The summed E-state index contributed by atoms with van der Waals surface area (Å²) in [6.07, 6.45) is 2.85. The van der Waals surface area contributed by atoms with E-state index in [9.17, 15) is 14.0 Å². The molecule has 1 aromatic heterocycles. The second-order valence-corrected chi connectivity index (χ2v) is 4.40. The van der Waals surface area contributed by atoms with Gasteiger partial charge in [0.05, 0.1) is 17.2 Å². The summed E-state index contributed by atoms with van der Waals surface area (Å²) in [5.41, 5.74) is -0.443. The molecule has 0 aliphatic heterocycles. The minimum Gasteiger partial charge on any atom is -0.462 e. The maximum Gasteiger partial charge on any atom is 0.341 e. The van der Waals surface area contributed by atoms with Crippen LogP contribution >= 0.6 is 23.2 Å². The van der Waals surface area contributed by atoms with Crippen molar-refractivity contribution in [2.45, 2.75) is 20.3 Å². The van der Waals surface area contributed by atoms with Crippen LogP contribution in [0.5, 0.6) is 0 Å². The molecule has 1 heterocycles. The number of esters is 1. The van der Waals surface area contributed by atoms with E-state index in [1.807, 2.05) is 0 Å². The average molecular weight is 320 g/mol. The largest absolute Gasteiger partial charge is 0.462 e. The minimum atomic E-state index is -1.00. The first kappa shape index (κ1) is 16.6. The molecule has 1 rings (SSSR count). The van der Waals surface area contributed by atoms with Crippen LogP contribution in [0, 0.1) is 5.82 Å². The van der Waals surface area contributed by atoms with Crippen LogP contribution < -0.4 is 0 Å². The maximum atomic E-state index is 13.5. The highest BCUT2D eigenvalue weighted by Crippen LogP contribution is 2.26. The molecule has 0 N–H and O–H groups in total. The summed E-state index contributed by atoms with van der Waals surface area (Å²) in [4.78, 5) is 27.5. The standard InChI is InChI=1S/C13H12Cl2FNO3/c1-3-5-7(13(19)20-4-2)11(18)8-6-17-12(15)10(16)9(8)14/h5-6H,3-4H2,1-2H3. The maximum absolute atomic E-state index is 13.5. The molecule has 0 fully saturated rings. The van der Waals surface area contributed by atoms with E-state index in [4.69, 9.17) is 27.9 Å². The van der Waals surface area contributed by atoms with Crippen molar-refractivity contribution in [3.63, 3.8) is 0 Å². The molecule has 0 atom stereocenters. The Balaban J connectivity index is 3.24. The van der Waals surface area contributed by atoms with Crippen LogP contribution in [0.3, 0.4) is 0 Å². The van der Waals surface area contributed by atoms with Crippen LogP contribution in [-0.2, 0) is 9.53 Å². The van der Waals surface area contributed by atoms with Crippen molar-refractivity contribution in [3.05, 3.63) is 39.4 Å². The van der Waals surface area contributed by atoms with E-state index in [0.29, 0.717) is 6.42 Å². The predicted octanol–water partition coefficient (Wildman–Crippen LogP) is 3.61. The predicted molar refractivity (Wildman–Crippen MR) is 73.6 cm³/mol. The number of pyridine rings is 1. The number of halogens is 3. The van der Waals surface area contributed by atoms with Crippen LogP contribution in [0.1, 0.15) is 30.6 Å². The molecule has 0 aliphatic carbocycles. The van der Waals surface area contributed by atoms with Crippen LogP contribution in [0.4, 0.5) is 4.39 Å². The minimum absolute atomic E-state index is 0.119. The van der Waals surface area contributed by atoms with Crippen LogP contribution in [-0.4, -0.2) is 23.3 Å². The van der Waals surface area contributed by atoms with Gasteiger partial charge in [0.25, 0.3) is 0 Å². The van der Waals surface area contributed by atoms with Gasteiger partial charge in [0.15, 0.2) is 11.0 Å². The van der Waals surface area contributed by atoms with Gasteiger partial charge in [-0.05, 0) is 13.3 Å². The summed E-state index contributed by atoms with van der Waals surface area (Å²) in [7, 11) is 0. The Kier molecular flexibility index (Phi) is 6.10. The highest BCUT2D eigenvalue weighted by molar-refractivity contribution is 6.38. The van der Waals surface area contributed by atoms with E-state index >= 15 is 0 Å². The quantitative estimate of drug-likeness (QED) is 0.208. The van der Waals surface area contributed by atoms with Crippen molar-refractivity contribution >= 4 is 35.0 Å². The molecule has 20 heavy (non-hydrogen) atoms. The number of hydrogen-bond donors (Lipinski definition) is 0. The molecule has 4 nitrogen and oxygen atoms in total. The molecule has 7 heteroatoms. The van der Waals surface area contributed by atoms with Gasteiger partial charge in [-0.15, -0.1) is 0 Å². The Hall–Kier alpha value is -1.46. The fourth-order valence-electron chi connectivity index (χ4n) is 1.43. The molecular formula is C13H12Cl2FNO3. The summed E-state index contributed by atoms with van der Waals surface area (Å²) >= 11 is 11.2. The fraction of sp³-hybridized carbons (Fsp3) is 0.308. The Bertz CT molecular complexity index is 573. The number of ether oxygens (including phenoxy) is 1. The first-order valence-corrected chi connectivity index (χ1v) is 6.61. The van der Waals surface area contributed by atoms with Crippen molar-refractivity contribution in [2.75, 3.05) is 6.61 Å². The molecule has 0 spiro atoms. The van der Waals surface area contributed by atoms with Gasteiger partial charge < -0.3 is 4.74 Å². The number of hydrogen-bond acceptors (Lipinski definition) is 4. The highest BCUT2D eigenvalue weighted by atomic mass is 35.5. The molecule has 0 saturated carbocycles. The Morgan fingerprint density at radius 3 is 2.60 bits per heavy atom. The van der Waals surface area contributed by atoms with Gasteiger partial charge in [-0.3, -0.25) is 4.79 Å². The monoisotopic (exact) mass is 319 g/mol. The van der Waals surface area contributed by atoms with Crippen LogP contribution in [0.25, 0.3) is 0 Å². The van der Waals surface area contributed by atoms with Gasteiger partial charge in [0.1, 0.15) is 5.57 Å². The lowest BCUT2D eigenvalue weighted by Crippen LogP contribution is -2.17. The number of allylic oxidation sites excluding steroid dienone is 1. The third-order valence-corrected chi connectivity index (χ3v) is 2.94. The SMILES string of the molecule is CCC=C(C(=O)OCC)C(=O)c1cnc(Cl)c(F)c1Cl. The molecule has 0 saturated heterocycles. The average Bonchev–Trinajstić information content (AvgIpc) is 2.42. The second-order valence-electron chi connectivity index (χ2n) is 3.67. The summed E-state index contributed by atoms with van der Waals surface area (Å²) in [5.74, 6) is -2.54. The Morgan fingerprint density at radius 2 is 2.05 bits per heavy atom. The normalized spacial score (nSPS) is 11.3. The number of aromatic nitrogens is 1. The molecule has 0 aliphatic rings. The summed E-state index contributed by atoms with van der Waals surface area (Å²) < 4.78 is 18.3. The molecule has 1 aromatic rings. The third-order valence-electron chi connectivity index (χ3n) is 2.31. The van der Waals surface area contributed by atoms with Gasteiger partial charge in [0, 0.05) is 6.20 Å². The summed E-state index contributed by atoms with van der Waals surface area (Å²) in [6.45, 7) is 3.48. The first-order valence-electron chi connectivity index (χ1n) is 5.85. The first-order chi connectivity index (χ1) is 9.43.